The first-order valence-corrected chi connectivity index (χ1v) is 7.02. The average molecular weight is 277 g/mol. The zero-order valence-corrected chi connectivity index (χ0v) is 12.5. The summed E-state index contributed by atoms with van der Waals surface area (Å²) in [5, 5.41) is 13.7. The number of hydrogen-bond acceptors (Lipinski definition) is 5. The number of nitrogens with zero attached hydrogens (tertiary/aromatic N) is 2. The number of aromatic nitrogens is 2. The Balaban J connectivity index is 2.17. The van der Waals surface area contributed by atoms with Crippen LogP contribution in [0.15, 0.2) is 24.3 Å². The van der Waals surface area contributed by atoms with Crippen molar-refractivity contribution < 1.29 is 4.74 Å². The fraction of sp³-hybridized carbons (Fsp3) is 0.429. The predicted molar refractivity (Wildman–Crippen MR) is 78.5 cm³/mol. The van der Waals surface area contributed by atoms with E-state index in [1.54, 1.807) is 18.4 Å². The van der Waals surface area contributed by atoms with E-state index < -0.39 is 0 Å². The summed E-state index contributed by atoms with van der Waals surface area (Å²) in [7, 11) is 1.67. The molecular weight excluding hydrogens is 258 g/mol. The summed E-state index contributed by atoms with van der Waals surface area (Å²) in [6.07, 6.45) is 0. The Morgan fingerprint density at radius 3 is 2.63 bits per heavy atom. The number of nitrogens with one attached hydrogen (secondary N) is 1. The van der Waals surface area contributed by atoms with E-state index in [1.165, 1.54) is 0 Å². The lowest BCUT2D eigenvalue weighted by atomic mass is 10.1. The third-order valence-electron chi connectivity index (χ3n) is 2.57. The van der Waals surface area contributed by atoms with Gasteiger partial charge >= 0.3 is 0 Å². The van der Waals surface area contributed by atoms with Crippen molar-refractivity contribution in [2.45, 2.75) is 32.9 Å². The average Bonchev–Trinajstić information content (AvgIpc) is 2.84. The fourth-order valence-corrected chi connectivity index (χ4v) is 2.41. The maximum Gasteiger partial charge on any atom is 0.151 e. The van der Waals surface area contributed by atoms with E-state index in [9.17, 15) is 0 Å². The van der Waals surface area contributed by atoms with Crippen LogP contribution in [-0.4, -0.2) is 22.8 Å². The molecule has 5 heteroatoms. The summed E-state index contributed by atoms with van der Waals surface area (Å²) >= 11 is 1.59. The highest BCUT2D eigenvalue weighted by Crippen LogP contribution is 2.31. The minimum atomic E-state index is 0.0796. The van der Waals surface area contributed by atoms with Gasteiger partial charge in [-0.1, -0.05) is 23.5 Å². The monoisotopic (exact) mass is 277 g/mol. The minimum Gasteiger partial charge on any atom is -0.496 e. The van der Waals surface area contributed by atoms with Crippen LogP contribution in [0, 0.1) is 0 Å². The summed E-state index contributed by atoms with van der Waals surface area (Å²) in [4.78, 5) is 0. The van der Waals surface area contributed by atoms with E-state index in [1.807, 2.05) is 24.3 Å². The first-order valence-electron chi connectivity index (χ1n) is 6.20. The van der Waals surface area contributed by atoms with Crippen molar-refractivity contribution in [2.75, 3.05) is 7.11 Å². The number of rotatable bonds is 4. The third kappa shape index (κ3) is 3.75. The molecule has 0 aliphatic carbocycles. The van der Waals surface area contributed by atoms with Gasteiger partial charge in [0.15, 0.2) is 5.01 Å². The Hall–Kier alpha value is -1.46. The molecule has 0 spiro atoms. The van der Waals surface area contributed by atoms with Crippen LogP contribution in [0.3, 0.4) is 0 Å². The topological polar surface area (TPSA) is 47.0 Å². The van der Waals surface area contributed by atoms with Crippen molar-refractivity contribution in [3.05, 3.63) is 29.3 Å². The first-order chi connectivity index (χ1) is 8.99. The SMILES string of the molecule is COc1ccccc1-c1nnc(CNC(C)(C)C)s1. The summed E-state index contributed by atoms with van der Waals surface area (Å²) in [6, 6.07) is 7.86. The second-order valence-corrected chi connectivity index (χ2v) is 6.37. The van der Waals surface area contributed by atoms with Crippen LogP contribution in [0.2, 0.25) is 0 Å². The summed E-state index contributed by atoms with van der Waals surface area (Å²) in [6.45, 7) is 7.13. The molecule has 2 aromatic rings. The molecule has 1 N–H and O–H groups in total. The molecule has 0 aliphatic heterocycles. The van der Waals surface area contributed by atoms with Gasteiger partial charge in [0.1, 0.15) is 10.8 Å². The normalized spacial score (nSPS) is 11.6. The number of para-hydroxylation sites is 1. The summed E-state index contributed by atoms with van der Waals surface area (Å²) in [5.74, 6) is 0.828. The maximum absolute atomic E-state index is 5.35. The van der Waals surface area contributed by atoms with Crippen LogP contribution in [0.1, 0.15) is 25.8 Å². The van der Waals surface area contributed by atoms with Gasteiger partial charge in [-0.15, -0.1) is 10.2 Å². The van der Waals surface area contributed by atoms with Gasteiger partial charge in [0.05, 0.1) is 19.2 Å². The molecule has 1 aromatic heterocycles. The molecule has 0 fully saturated rings. The molecule has 0 atom stereocenters. The maximum atomic E-state index is 5.35. The van der Waals surface area contributed by atoms with Crippen LogP contribution >= 0.6 is 11.3 Å². The molecular formula is C14H19N3OS. The van der Waals surface area contributed by atoms with Gasteiger partial charge in [-0.05, 0) is 32.9 Å². The standard InChI is InChI=1S/C14H19N3OS/c1-14(2,3)15-9-12-16-17-13(19-12)10-7-5-6-8-11(10)18-4/h5-8,15H,9H2,1-4H3. The molecule has 102 valence electrons. The van der Waals surface area contributed by atoms with Crippen molar-refractivity contribution in [1.29, 1.82) is 0 Å². The molecule has 0 amide bonds. The molecule has 1 heterocycles. The Kier molecular flexibility index (Phi) is 4.17. The van der Waals surface area contributed by atoms with Gasteiger partial charge in [-0.3, -0.25) is 0 Å². The Labute approximate surface area is 117 Å². The van der Waals surface area contributed by atoms with E-state index in [2.05, 4.69) is 36.3 Å². The van der Waals surface area contributed by atoms with Gasteiger partial charge in [-0.2, -0.15) is 0 Å². The van der Waals surface area contributed by atoms with Crippen molar-refractivity contribution in [1.82, 2.24) is 15.5 Å². The molecule has 19 heavy (non-hydrogen) atoms. The van der Waals surface area contributed by atoms with Crippen LogP contribution in [0.5, 0.6) is 5.75 Å². The molecule has 4 nitrogen and oxygen atoms in total. The second kappa shape index (κ2) is 5.67. The molecule has 0 bridgehead atoms. The lowest BCUT2D eigenvalue weighted by molar-refractivity contribution is 0.416. The Morgan fingerprint density at radius 1 is 1.21 bits per heavy atom. The zero-order valence-electron chi connectivity index (χ0n) is 11.7. The highest BCUT2D eigenvalue weighted by atomic mass is 32.1. The minimum absolute atomic E-state index is 0.0796. The van der Waals surface area contributed by atoms with Crippen LogP contribution < -0.4 is 10.1 Å². The second-order valence-electron chi connectivity index (χ2n) is 5.30. The molecule has 0 unspecified atom stereocenters. The van der Waals surface area contributed by atoms with Crippen molar-refractivity contribution in [2.24, 2.45) is 0 Å². The predicted octanol–water partition coefficient (Wildman–Crippen LogP) is 3.10. The van der Waals surface area contributed by atoms with Gasteiger partial charge in [0, 0.05) is 5.54 Å². The molecule has 2 rings (SSSR count). The number of hydrogen-bond donors (Lipinski definition) is 1. The molecule has 1 aromatic carbocycles. The quantitative estimate of drug-likeness (QED) is 0.933. The summed E-state index contributed by atoms with van der Waals surface area (Å²) in [5.41, 5.74) is 1.07. The first kappa shape index (κ1) is 14.0. The zero-order chi connectivity index (χ0) is 13.9. The highest BCUT2D eigenvalue weighted by molar-refractivity contribution is 7.14. The highest BCUT2D eigenvalue weighted by Gasteiger charge is 2.13. The van der Waals surface area contributed by atoms with Crippen molar-refractivity contribution >= 4 is 11.3 Å². The van der Waals surface area contributed by atoms with Gasteiger partial charge in [0.25, 0.3) is 0 Å². The lowest BCUT2D eigenvalue weighted by Crippen LogP contribution is -2.35. The number of methoxy groups -OCH3 is 1. The van der Waals surface area contributed by atoms with Gasteiger partial charge in [-0.25, -0.2) is 0 Å². The number of ether oxygens (including phenoxy) is 1. The van der Waals surface area contributed by atoms with Crippen molar-refractivity contribution in [3.8, 4) is 16.3 Å². The molecule has 0 saturated heterocycles. The Bertz CT molecular complexity index is 546. The largest absolute Gasteiger partial charge is 0.496 e. The number of benzene rings is 1. The van der Waals surface area contributed by atoms with Gasteiger partial charge < -0.3 is 10.1 Å². The van der Waals surface area contributed by atoms with E-state index in [-0.39, 0.29) is 5.54 Å². The lowest BCUT2D eigenvalue weighted by Gasteiger charge is -2.19. The molecule has 0 saturated carbocycles. The van der Waals surface area contributed by atoms with Crippen LogP contribution in [0.25, 0.3) is 10.6 Å². The molecule has 0 radical (unpaired) electrons. The Morgan fingerprint density at radius 2 is 1.95 bits per heavy atom. The smallest absolute Gasteiger partial charge is 0.151 e. The van der Waals surface area contributed by atoms with Crippen LogP contribution in [0.4, 0.5) is 0 Å². The van der Waals surface area contributed by atoms with Crippen LogP contribution in [-0.2, 0) is 6.54 Å². The van der Waals surface area contributed by atoms with E-state index in [0.717, 1.165) is 27.9 Å². The summed E-state index contributed by atoms with van der Waals surface area (Å²) < 4.78 is 5.35. The van der Waals surface area contributed by atoms with E-state index >= 15 is 0 Å². The molecule has 0 aliphatic rings. The third-order valence-corrected chi connectivity index (χ3v) is 3.53. The van der Waals surface area contributed by atoms with Crippen molar-refractivity contribution in [3.63, 3.8) is 0 Å². The van der Waals surface area contributed by atoms with Gasteiger partial charge in [0.2, 0.25) is 0 Å². The van der Waals surface area contributed by atoms with E-state index in [0.29, 0.717) is 0 Å². The van der Waals surface area contributed by atoms with E-state index in [4.69, 9.17) is 4.74 Å². The fourth-order valence-electron chi connectivity index (χ4n) is 1.60.